The molecule has 6 nitrogen and oxygen atoms in total. The Hall–Kier alpha value is -3.03. The Kier molecular flexibility index (Phi) is 6.23. The van der Waals surface area contributed by atoms with Gasteiger partial charge in [0.2, 0.25) is 5.91 Å². The molecule has 8 heteroatoms. The summed E-state index contributed by atoms with van der Waals surface area (Å²) in [5.74, 6) is -0.376. The molecular formula is C26H24ClN3O3S. The van der Waals surface area contributed by atoms with Crippen LogP contribution in [0.15, 0.2) is 75.9 Å². The molecule has 174 valence electrons. The Labute approximate surface area is 207 Å². The van der Waals surface area contributed by atoms with Crippen molar-refractivity contribution in [3.05, 3.63) is 92.6 Å². The molecule has 0 unspecified atom stereocenters. The number of methoxy groups -OCH3 is 1. The van der Waals surface area contributed by atoms with Gasteiger partial charge in [-0.3, -0.25) is 4.79 Å². The number of amidine groups is 1. The minimum absolute atomic E-state index is 0.0587. The summed E-state index contributed by atoms with van der Waals surface area (Å²) in [5, 5.41) is 3.32. The number of rotatable bonds is 4. The number of esters is 1. The number of amides is 1. The lowest BCUT2D eigenvalue weighted by atomic mass is 9.94. The molecule has 0 radical (unpaired) electrons. The van der Waals surface area contributed by atoms with E-state index in [1.54, 1.807) is 12.1 Å². The Morgan fingerprint density at radius 1 is 1.15 bits per heavy atom. The van der Waals surface area contributed by atoms with Gasteiger partial charge in [-0.25, -0.2) is 9.79 Å². The number of halogens is 1. The number of benzene rings is 2. The van der Waals surface area contributed by atoms with Crippen molar-refractivity contribution >= 4 is 40.4 Å². The summed E-state index contributed by atoms with van der Waals surface area (Å²) in [5.41, 5.74) is 5.27. The zero-order chi connectivity index (χ0) is 23.8. The maximum absolute atomic E-state index is 13.4. The van der Waals surface area contributed by atoms with Gasteiger partial charge in [0.15, 0.2) is 5.17 Å². The Bertz CT molecular complexity index is 1250. The van der Waals surface area contributed by atoms with Gasteiger partial charge in [0.05, 0.1) is 30.8 Å². The van der Waals surface area contributed by atoms with Crippen molar-refractivity contribution in [3.63, 3.8) is 0 Å². The van der Waals surface area contributed by atoms with E-state index in [0.29, 0.717) is 29.4 Å². The molecule has 2 aromatic rings. The predicted molar refractivity (Wildman–Crippen MR) is 134 cm³/mol. The molecule has 0 bridgehead atoms. The first-order chi connectivity index (χ1) is 16.5. The highest BCUT2D eigenvalue weighted by atomic mass is 35.5. The second kappa shape index (κ2) is 9.31. The topological polar surface area (TPSA) is 62.2 Å². The number of hydrogen-bond donors (Lipinski definition) is 0. The van der Waals surface area contributed by atoms with E-state index in [1.165, 1.54) is 30.0 Å². The number of hydrogen-bond acceptors (Lipinski definition) is 6. The highest BCUT2D eigenvalue weighted by Gasteiger charge is 2.41. The van der Waals surface area contributed by atoms with E-state index in [0.717, 1.165) is 22.8 Å². The predicted octanol–water partition coefficient (Wildman–Crippen LogP) is 5.06. The van der Waals surface area contributed by atoms with Crippen LogP contribution < -0.4 is 0 Å². The number of nitrogens with zero attached hydrogens (tertiary/aromatic N) is 3. The molecule has 0 saturated carbocycles. The van der Waals surface area contributed by atoms with Gasteiger partial charge < -0.3 is 14.5 Å². The fourth-order valence-electron chi connectivity index (χ4n) is 4.68. The molecule has 0 aromatic heterocycles. The van der Waals surface area contributed by atoms with Gasteiger partial charge >= 0.3 is 5.97 Å². The van der Waals surface area contributed by atoms with Crippen LogP contribution >= 0.6 is 23.4 Å². The first-order valence-electron chi connectivity index (χ1n) is 11.1. The first-order valence-corrected chi connectivity index (χ1v) is 12.3. The van der Waals surface area contributed by atoms with E-state index in [4.69, 9.17) is 16.3 Å². The maximum atomic E-state index is 13.4. The molecule has 0 N–H and O–H groups in total. The quantitative estimate of drug-likeness (QED) is 0.557. The second-order valence-corrected chi connectivity index (χ2v) is 9.72. The van der Waals surface area contributed by atoms with Crippen molar-refractivity contribution in [2.45, 2.75) is 32.4 Å². The van der Waals surface area contributed by atoms with Crippen LogP contribution in [0.3, 0.4) is 0 Å². The standard InChI is InChI=1S/C26H24ClN3O3S/c1-16-23(25(32)33-2)24(18-7-9-20(27)10-8-18)30-21(15-34-26(30)28-16)13-22(31)29-12-11-17-5-3-4-6-19(17)14-29/h3-10,15,24H,11-14H2,1-2H3/t24-/m1/s1. The van der Waals surface area contributed by atoms with E-state index < -0.39 is 12.0 Å². The summed E-state index contributed by atoms with van der Waals surface area (Å²) in [4.78, 5) is 34.7. The second-order valence-electron chi connectivity index (χ2n) is 8.45. The number of fused-ring (bicyclic) bond motifs is 2. The summed E-state index contributed by atoms with van der Waals surface area (Å²) < 4.78 is 5.11. The fourth-order valence-corrected chi connectivity index (χ4v) is 5.77. The van der Waals surface area contributed by atoms with Crippen LogP contribution in [0.4, 0.5) is 0 Å². The molecule has 2 aromatic carbocycles. The molecule has 3 heterocycles. The van der Waals surface area contributed by atoms with Crippen molar-refractivity contribution < 1.29 is 14.3 Å². The number of carbonyl (C=O) groups excluding carboxylic acids is 2. The van der Waals surface area contributed by atoms with Gasteiger partial charge in [-0.1, -0.05) is 59.8 Å². The summed E-state index contributed by atoms with van der Waals surface area (Å²) in [6.45, 7) is 3.13. The molecule has 3 aliphatic heterocycles. The molecular weight excluding hydrogens is 470 g/mol. The molecule has 34 heavy (non-hydrogen) atoms. The highest BCUT2D eigenvalue weighted by molar-refractivity contribution is 8.16. The van der Waals surface area contributed by atoms with E-state index in [9.17, 15) is 9.59 Å². The summed E-state index contributed by atoms with van der Waals surface area (Å²) in [6.07, 6.45) is 1.08. The Morgan fingerprint density at radius 3 is 2.62 bits per heavy atom. The summed E-state index contributed by atoms with van der Waals surface area (Å²) in [7, 11) is 1.37. The van der Waals surface area contributed by atoms with Gasteiger partial charge in [-0.15, -0.1) is 0 Å². The minimum Gasteiger partial charge on any atom is -0.466 e. The van der Waals surface area contributed by atoms with Crippen LogP contribution in [0.25, 0.3) is 0 Å². The molecule has 5 rings (SSSR count). The van der Waals surface area contributed by atoms with Crippen molar-refractivity contribution in [3.8, 4) is 0 Å². The van der Waals surface area contributed by atoms with E-state index in [2.05, 4.69) is 17.1 Å². The molecule has 0 aliphatic carbocycles. The number of allylic oxidation sites excluding steroid dienone is 1. The molecule has 0 fully saturated rings. The zero-order valence-corrected chi connectivity index (χ0v) is 20.5. The minimum atomic E-state index is -0.451. The summed E-state index contributed by atoms with van der Waals surface area (Å²) in [6, 6.07) is 15.2. The van der Waals surface area contributed by atoms with Crippen LogP contribution in [0.2, 0.25) is 5.02 Å². The number of ether oxygens (including phenoxy) is 1. The SMILES string of the molecule is COC(=O)C1=C(C)N=C2SC=C(CC(=O)N3CCc4ccccc4C3)N2[C@@H]1c1ccc(Cl)cc1. The monoisotopic (exact) mass is 493 g/mol. The average Bonchev–Trinajstić information content (AvgIpc) is 3.24. The lowest BCUT2D eigenvalue weighted by Crippen LogP contribution is -2.40. The first kappa shape index (κ1) is 22.7. The van der Waals surface area contributed by atoms with Crippen LogP contribution in [0, 0.1) is 0 Å². The van der Waals surface area contributed by atoms with Crippen molar-refractivity contribution in [2.75, 3.05) is 13.7 Å². The molecule has 3 aliphatic rings. The maximum Gasteiger partial charge on any atom is 0.338 e. The molecule has 0 spiro atoms. The van der Waals surface area contributed by atoms with Crippen molar-refractivity contribution in [1.29, 1.82) is 0 Å². The van der Waals surface area contributed by atoms with Crippen LogP contribution in [-0.4, -0.2) is 40.5 Å². The molecule has 0 saturated heterocycles. The lowest BCUT2D eigenvalue weighted by molar-refractivity contribution is -0.136. The van der Waals surface area contributed by atoms with Gasteiger partial charge in [0.25, 0.3) is 0 Å². The van der Waals surface area contributed by atoms with Gasteiger partial charge in [0.1, 0.15) is 0 Å². The fraction of sp³-hybridized carbons (Fsp3) is 0.269. The number of thioether (sulfide) groups is 1. The average molecular weight is 494 g/mol. The lowest BCUT2D eigenvalue weighted by Gasteiger charge is -2.37. The van der Waals surface area contributed by atoms with Gasteiger partial charge in [0, 0.05) is 23.8 Å². The normalized spacial score (nSPS) is 19.3. The third-order valence-corrected chi connectivity index (χ3v) is 7.55. The zero-order valence-electron chi connectivity index (χ0n) is 19.0. The largest absolute Gasteiger partial charge is 0.466 e. The van der Waals surface area contributed by atoms with Crippen LogP contribution in [-0.2, 0) is 27.3 Å². The Balaban J connectivity index is 1.44. The third-order valence-electron chi connectivity index (χ3n) is 6.41. The number of aliphatic imine (C=N–C) groups is 1. The molecule has 1 amide bonds. The summed E-state index contributed by atoms with van der Waals surface area (Å²) >= 11 is 7.60. The van der Waals surface area contributed by atoms with E-state index in [1.807, 2.05) is 46.4 Å². The van der Waals surface area contributed by atoms with Gasteiger partial charge in [-0.2, -0.15) is 0 Å². The van der Waals surface area contributed by atoms with E-state index in [-0.39, 0.29) is 12.3 Å². The van der Waals surface area contributed by atoms with Crippen molar-refractivity contribution in [1.82, 2.24) is 9.80 Å². The third kappa shape index (κ3) is 4.14. The Morgan fingerprint density at radius 2 is 1.88 bits per heavy atom. The highest BCUT2D eigenvalue weighted by Crippen LogP contribution is 2.45. The van der Waals surface area contributed by atoms with E-state index >= 15 is 0 Å². The number of carbonyl (C=O) groups is 2. The molecule has 1 atom stereocenters. The van der Waals surface area contributed by atoms with Crippen LogP contribution in [0.5, 0.6) is 0 Å². The van der Waals surface area contributed by atoms with Gasteiger partial charge in [-0.05, 0) is 47.6 Å². The van der Waals surface area contributed by atoms with Crippen molar-refractivity contribution in [2.24, 2.45) is 4.99 Å². The van der Waals surface area contributed by atoms with Crippen LogP contribution in [0.1, 0.15) is 36.1 Å². The smallest absolute Gasteiger partial charge is 0.338 e.